The highest BCUT2D eigenvalue weighted by atomic mass is 19.4. The molecule has 0 amide bonds. The van der Waals surface area contributed by atoms with E-state index >= 15 is 0 Å². The lowest BCUT2D eigenvalue weighted by molar-refractivity contribution is -0.174. The van der Waals surface area contributed by atoms with Gasteiger partial charge in [-0.3, -0.25) is 0 Å². The molecule has 5 rings (SSSR count). The lowest BCUT2D eigenvalue weighted by Crippen LogP contribution is -2.43. The summed E-state index contributed by atoms with van der Waals surface area (Å²) in [6.45, 7) is 4.49. The number of carbonyl (C=O) groups excluding carboxylic acids is 3. The Labute approximate surface area is 160 Å². The zero-order chi connectivity index (χ0) is 20.9. The molecule has 2 aromatic rings. The average Bonchev–Trinajstić information content (AvgIpc) is 3.07. The van der Waals surface area contributed by atoms with Gasteiger partial charge in [0.1, 0.15) is 22.7 Å². The van der Waals surface area contributed by atoms with Crippen LogP contribution in [0.3, 0.4) is 0 Å². The molecular formula is C20H9F3O6. The Morgan fingerprint density at radius 3 is 1.76 bits per heavy atom. The third-order valence-electron chi connectivity index (χ3n) is 5.47. The summed E-state index contributed by atoms with van der Waals surface area (Å²) in [5.74, 6) is -3.20. The highest BCUT2D eigenvalue weighted by Crippen LogP contribution is 2.57. The van der Waals surface area contributed by atoms with Gasteiger partial charge in [0.25, 0.3) is 0 Å². The molecule has 6 nitrogen and oxygen atoms in total. The largest absolute Gasteiger partial charge is 0.457 e. The van der Waals surface area contributed by atoms with E-state index in [-0.39, 0.29) is 50.6 Å². The number of hydrogen-bond donors (Lipinski definition) is 0. The van der Waals surface area contributed by atoms with E-state index in [4.69, 9.17) is 9.47 Å². The summed E-state index contributed by atoms with van der Waals surface area (Å²) in [5, 5.41) is 0. The van der Waals surface area contributed by atoms with Gasteiger partial charge < -0.3 is 14.2 Å². The molecule has 3 heterocycles. The first-order valence-corrected chi connectivity index (χ1v) is 8.32. The minimum Gasteiger partial charge on any atom is -0.457 e. The predicted octanol–water partition coefficient (Wildman–Crippen LogP) is 4.11. The van der Waals surface area contributed by atoms with Crippen LogP contribution in [0.4, 0.5) is 13.2 Å². The SMILES string of the molecule is C=C1OC(=O)c2cc3c(cc21)Oc1cc2c(cc1C3(C)C(F)(F)F)C(=O)OC2=O. The summed E-state index contributed by atoms with van der Waals surface area (Å²) < 4.78 is 58.1. The summed E-state index contributed by atoms with van der Waals surface area (Å²) in [4.78, 5) is 35.7. The molecule has 0 fully saturated rings. The van der Waals surface area contributed by atoms with E-state index in [0.29, 0.717) is 0 Å². The number of halogens is 3. The number of esters is 3. The van der Waals surface area contributed by atoms with E-state index < -0.39 is 29.5 Å². The minimum atomic E-state index is -4.82. The van der Waals surface area contributed by atoms with Crippen molar-refractivity contribution in [3.05, 3.63) is 64.2 Å². The van der Waals surface area contributed by atoms with Crippen molar-refractivity contribution < 1.29 is 41.8 Å². The zero-order valence-corrected chi connectivity index (χ0v) is 14.6. The van der Waals surface area contributed by atoms with Crippen LogP contribution in [0.25, 0.3) is 5.76 Å². The number of alkyl halides is 3. The molecule has 9 heteroatoms. The lowest BCUT2D eigenvalue weighted by atomic mass is 9.72. The number of rotatable bonds is 0. The van der Waals surface area contributed by atoms with E-state index in [2.05, 4.69) is 11.3 Å². The number of benzene rings is 2. The second-order valence-corrected chi connectivity index (χ2v) is 7.00. The summed E-state index contributed by atoms with van der Waals surface area (Å²) in [6.07, 6.45) is -4.82. The quantitative estimate of drug-likeness (QED) is 0.488. The molecule has 3 aliphatic rings. The Hall–Kier alpha value is -3.62. The predicted molar refractivity (Wildman–Crippen MR) is 89.7 cm³/mol. The molecule has 0 aliphatic carbocycles. The number of fused-ring (bicyclic) bond motifs is 4. The molecule has 0 radical (unpaired) electrons. The van der Waals surface area contributed by atoms with Crippen molar-refractivity contribution in [3.8, 4) is 11.5 Å². The number of cyclic esters (lactones) is 3. The van der Waals surface area contributed by atoms with Gasteiger partial charge in [0.05, 0.1) is 16.7 Å². The molecule has 2 aromatic carbocycles. The molecular weight excluding hydrogens is 393 g/mol. The topological polar surface area (TPSA) is 78.9 Å². The maximum absolute atomic E-state index is 14.4. The summed E-state index contributed by atoms with van der Waals surface area (Å²) in [5.41, 5.74) is -3.61. The first-order chi connectivity index (χ1) is 13.5. The van der Waals surface area contributed by atoms with Gasteiger partial charge in [0.2, 0.25) is 0 Å². The Kier molecular flexibility index (Phi) is 3.04. The lowest BCUT2D eigenvalue weighted by Gasteiger charge is -2.39. The molecule has 0 N–H and O–H groups in total. The van der Waals surface area contributed by atoms with Crippen molar-refractivity contribution >= 4 is 23.7 Å². The first-order valence-electron chi connectivity index (χ1n) is 8.32. The summed E-state index contributed by atoms with van der Waals surface area (Å²) in [6, 6.07) is 4.34. The Balaban J connectivity index is 1.84. The van der Waals surface area contributed by atoms with E-state index in [1.807, 2.05) is 0 Å². The van der Waals surface area contributed by atoms with Gasteiger partial charge in [0, 0.05) is 16.7 Å². The molecule has 0 bridgehead atoms. The van der Waals surface area contributed by atoms with Crippen LogP contribution in [0.15, 0.2) is 30.8 Å². The van der Waals surface area contributed by atoms with Gasteiger partial charge in [-0.2, -0.15) is 13.2 Å². The smallest absolute Gasteiger partial charge is 0.402 e. The van der Waals surface area contributed by atoms with E-state index in [9.17, 15) is 27.6 Å². The molecule has 146 valence electrons. The van der Waals surface area contributed by atoms with Crippen LogP contribution in [0, 0.1) is 0 Å². The highest BCUT2D eigenvalue weighted by molar-refractivity contribution is 6.15. The van der Waals surface area contributed by atoms with Crippen molar-refractivity contribution in [1.29, 1.82) is 0 Å². The number of hydrogen-bond acceptors (Lipinski definition) is 6. The summed E-state index contributed by atoms with van der Waals surface area (Å²) in [7, 11) is 0. The average molecular weight is 402 g/mol. The third-order valence-corrected chi connectivity index (χ3v) is 5.47. The zero-order valence-electron chi connectivity index (χ0n) is 14.6. The van der Waals surface area contributed by atoms with Crippen LogP contribution >= 0.6 is 0 Å². The molecule has 29 heavy (non-hydrogen) atoms. The van der Waals surface area contributed by atoms with Crippen molar-refractivity contribution in [3.63, 3.8) is 0 Å². The molecule has 0 spiro atoms. The minimum absolute atomic E-state index is 0.000892. The molecule has 0 aromatic heterocycles. The number of ether oxygens (including phenoxy) is 3. The third kappa shape index (κ3) is 2.04. The highest BCUT2D eigenvalue weighted by Gasteiger charge is 2.59. The fourth-order valence-corrected chi connectivity index (χ4v) is 3.83. The fraction of sp³-hybridized carbons (Fsp3) is 0.150. The van der Waals surface area contributed by atoms with Crippen molar-refractivity contribution in [2.24, 2.45) is 0 Å². The van der Waals surface area contributed by atoms with Gasteiger partial charge in [-0.25, -0.2) is 14.4 Å². The van der Waals surface area contributed by atoms with Crippen molar-refractivity contribution in [2.75, 3.05) is 0 Å². The number of carbonyl (C=O) groups is 3. The van der Waals surface area contributed by atoms with Crippen LogP contribution in [-0.2, 0) is 14.9 Å². The van der Waals surface area contributed by atoms with Gasteiger partial charge in [-0.1, -0.05) is 6.58 Å². The van der Waals surface area contributed by atoms with Gasteiger partial charge in [0.15, 0.2) is 0 Å². The van der Waals surface area contributed by atoms with Crippen molar-refractivity contribution in [1.82, 2.24) is 0 Å². The van der Waals surface area contributed by atoms with Crippen molar-refractivity contribution in [2.45, 2.75) is 18.5 Å². The summed E-state index contributed by atoms with van der Waals surface area (Å²) >= 11 is 0. The van der Waals surface area contributed by atoms with E-state index in [1.165, 1.54) is 6.07 Å². The second kappa shape index (κ2) is 5.05. The van der Waals surface area contributed by atoms with Crippen LogP contribution in [0.2, 0.25) is 0 Å². The van der Waals surface area contributed by atoms with Gasteiger partial charge in [-0.05, 0) is 31.2 Å². The second-order valence-electron chi connectivity index (χ2n) is 7.00. The molecule has 1 unspecified atom stereocenters. The maximum atomic E-state index is 14.4. The Bertz CT molecular complexity index is 1120. The van der Waals surface area contributed by atoms with E-state index in [0.717, 1.165) is 25.1 Å². The van der Waals surface area contributed by atoms with Crippen LogP contribution < -0.4 is 4.74 Å². The Morgan fingerprint density at radius 1 is 0.759 bits per heavy atom. The first kappa shape index (κ1) is 17.5. The standard InChI is InChI=1S/C20H9F3O6/c1-7-8-5-14-12(3-9(8)16(24)27-7)19(2,20(21,22)23)13-4-10-11(6-15(13)28-14)18(26)29-17(10)25/h3-6H,1H2,2H3. The van der Waals surface area contributed by atoms with E-state index in [1.54, 1.807) is 0 Å². The van der Waals surface area contributed by atoms with Crippen LogP contribution in [0.1, 0.15) is 54.7 Å². The molecule has 1 atom stereocenters. The van der Waals surface area contributed by atoms with Gasteiger partial charge >= 0.3 is 24.1 Å². The molecule has 0 saturated carbocycles. The van der Waals surface area contributed by atoms with Crippen LogP contribution in [-0.4, -0.2) is 24.1 Å². The fourth-order valence-electron chi connectivity index (χ4n) is 3.83. The molecule has 0 saturated heterocycles. The maximum Gasteiger partial charge on any atom is 0.402 e. The molecule has 3 aliphatic heterocycles. The normalized spacial score (nSPS) is 21.7. The monoisotopic (exact) mass is 402 g/mol. The van der Waals surface area contributed by atoms with Gasteiger partial charge in [-0.15, -0.1) is 0 Å². The Morgan fingerprint density at radius 2 is 1.21 bits per heavy atom. The van der Waals surface area contributed by atoms with Crippen LogP contribution in [0.5, 0.6) is 11.5 Å².